The van der Waals surface area contributed by atoms with Crippen molar-refractivity contribution in [3.05, 3.63) is 5.82 Å². The van der Waals surface area contributed by atoms with Crippen LogP contribution in [0.1, 0.15) is 25.6 Å². The minimum atomic E-state index is 0.270. The van der Waals surface area contributed by atoms with Crippen LogP contribution in [0, 0.1) is 6.92 Å². The third kappa shape index (κ3) is 3.23. The third-order valence-corrected chi connectivity index (χ3v) is 1.58. The summed E-state index contributed by atoms with van der Waals surface area (Å²) in [5.41, 5.74) is 5.46. The second-order valence-electron chi connectivity index (χ2n) is 2.84. The van der Waals surface area contributed by atoms with Gasteiger partial charge in [0.05, 0.1) is 0 Å². The Kier molecular flexibility index (Phi) is 3.42. The summed E-state index contributed by atoms with van der Waals surface area (Å²) in [6, 6.07) is 0. The summed E-state index contributed by atoms with van der Waals surface area (Å²) in [4.78, 5) is 11.9. The number of nitrogens with two attached hydrogens (primary N) is 1. The molecule has 5 heteroatoms. The zero-order valence-electron chi connectivity index (χ0n) is 8.04. The maximum atomic E-state index is 5.46. The van der Waals surface area contributed by atoms with Crippen molar-refractivity contribution >= 4 is 11.9 Å². The number of hydrogen-bond acceptors (Lipinski definition) is 5. The van der Waals surface area contributed by atoms with Crippen LogP contribution in [-0.4, -0.2) is 21.5 Å². The highest BCUT2D eigenvalue weighted by molar-refractivity contribution is 5.30. The van der Waals surface area contributed by atoms with Gasteiger partial charge in [0.2, 0.25) is 11.9 Å². The summed E-state index contributed by atoms with van der Waals surface area (Å²) in [5, 5.41) is 3.08. The molecular weight excluding hydrogens is 166 g/mol. The molecule has 0 atom stereocenters. The van der Waals surface area contributed by atoms with E-state index in [4.69, 9.17) is 5.73 Å². The normalized spacial score (nSPS) is 10.0. The molecular formula is C8H15N5. The second-order valence-corrected chi connectivity index (χ2v) is 2.84. The first kappa shape index (κ1) is 9.70. The lowest BCUT2D eigenvalue weighted by Gasteiger charge is -2.04. The summed E-state index contributed by atoms with van der Waals surface area (Å²) in [6.45, 7) is 4.80. The minimum Gasteiger partial charge on any atom is -0.368 e. The molecule has 1 aromatic rings. The van der Waals surface area contributed by atoms with Crippen molar-refractivity contribution in [2.75, 3.05) is 17.6 Å². The van der Waals surface area contributed by atoms with E-state index >= 15 is 0 Å². The molecule has 13 heavy (non-hydrogen) atoms. The number of nitrogen functional groups attached to an aromatic ring is 1. The molecule has 0 saturated heterocycles. The smallest absolute Gasteiger partial charge is 0.227 e. The summed E-state index contributed by atoms with van der Waals surface area (Å²) in [7, 11) is 0. The fraction of sp³-hybridized carbons (Fsp3) is 0.625. The quantitative estimate of drug-likeness (QED) is 0.677. The van der Waals surface area contributed by atoms with Gasteiger partial charge in [-0.25, -0.2) is 0 Å². The van der Waals surface area contributed by atoms with Crippen molar-refractivity contribution in [2.45, 2.75) is 26.7 Å². The standard InChI is InChI=1S/C8H15N5/c1-3-4-5-10-8-12-6(2)11-7(9)13-8/h3-5H2,1-2H3,(H3,9,10,11,12,13). The highest BCUT2D eigenvalue weighted by Crippen LogP contribution is 2.01. The third-order valence-electron chi connectivity index (χ3n) is 1.58. The van der Waals surface area contributed by atoms with Crippen LogP contribution in [0.3, 0.4) is 0 Å². The van der Waals surface area contributed by atoms with E-state index < -0.39 is 0 Å². The van der Waals surface area contributed by atoms with E-state index in [-0.39, 0.29) is 5.95 Å². The molecule has 0 radical (unpaired) electrons. The molecule has 0 aromatic carbocycles. The molecule has 0 saturated carbocycles. The number of anilines is 2. The largest absolute Gasteiger partial charge is 0.368 e. The van der Waals surface area contributed by atoms with Gasteiger partial charge in [0.25, 0.3) is 0 Å². The van der Waals surface area contributed by atoms with E-state index in [1.165, 1.54) is 0 Å². The molecule has 5 nitrogen and oxygen atoms in total. The number of aryl methyl sites for hydroxylation is 1. The molecule has 1 aromatic heterocycles. The van der Waals surface area contributed by atoms with Gasteiger partial charge in [0, 0.05) is 6.54 Å². The summed E-state index contributed by atoms with van der Waals surface area (Å²) < 4.78 is 0. The molecule has 0 aliphatic carbocycles. The van der Waals surface area contributed by atoms with Crippen molar-refractivity contribution in [2.24, 2.45) is 0 Å². The van der Waals surface area contributed by atoms with E-state index in [0.29, 0.717) is 11.8 Å². The van der Waals surface area contributed by atoms with Crippen molar-refractivity contribution in [1.82, 2.24) is 15.0 Å². The lowest BCUT2D eigenvalue weighted by Crippen LogP contribution is -2.09. The van der Waals surface area contributed by atoms with Gasteiger partial charge in [0.1, 0.15) is 5.82 Å². The van der Waals surface area contributed by atoms with Gasteiger partial charge < -0.3 is 11.1 Å². The molecule has 0 amide bonds. The molecule has 0 bridgehead atoms. The molecule has 0 unspecified atom stereocenters. The van der Waals surface area contributed by atoms with Crippen LogP contribution in [0.2, 0.25) is 0 Å². The first-order chi connectivity index (χ1) is 6.22. The Morgan fingerprint density at radius 3 is 2.69 bits per heavy atom. The summed E-state index contributed by atoms with van der Waals surface area (Å²) >= 11 is 0. The predicted molar refractivity (Wildman–Crippen MR) is 52.4 cm³/mol. The van der Waals surface area contributed by atoms with E-state index in [2.05, 4.69) is 27.2 Å². The maximum Gasteiger partial charge on any atom is 0.227 e. The number of nitrogens with zero attached hydrogens (tertiary/aromatic N) is 3. The average molecular weight is 181 g/mol. The molecule has 1 heterocycles. The van der Waals surface area contributed by atoms with E-state index in [1.54, 1.807) is 6.92 Å². The van der Waals surface area contributed by atoms with Gasteiger partial charge in [-0.15, -0.1) is 0 Å². The SMILES string of the molecule is CCCCNc1nc(C)nc(N)n1. The van der Waals surface area contributed by atoms with Crippen molar-refractivity contribution < 1.29 is 0 Å². The molecule has 0 aliphatic rings. The van der Waals surface area contributed by atoms with Crippen LogP contribution >= 0.6 is 0 Å². The van der Waals surface area contributed by atoms with E-state index in [1.807, 2.05) is 0 Å². The molecule has 1 rings (SSSR count). The van der Waals surface area contributed by atoms with Gasteiger partial charge in [0.15, 0.2) is 0 Å². The predicted octanol–water partition coefficient (Wildman–Crippen LogP) is 0.974. The van der Waals surface area contributed by atoms with Gasteiger partial charge >= 0.3 is 0 Å². The Labute approximate surface area is 77.8 Å². The summed E-state index contributed by atoms with van der Waals surface area (Å²) in [6.07, 6.45) is 2.25. The Bertz CT molecular complexity index is 253. The van der Waals surface area contributed by atoms with Gasteiger partial charge in [-0.05, 0) is 13.3 Å². The van der Waals surface area contributed by atoms with Gasteiger partial charge in [-0.1, -0.05) is 13.3 Å². The Morgan fingerprint density at radius 1 is 1.31 bits per heavy atom. The van der Waals surface area contributed by atoms with Crippen molar-refractivity contribution in [3.63, 3.8) is 0 Å². The molecule has 3 N–H and O–H groups in total. The second kappa shape index (κ2) is 4.59. The molecule has 0 spiro atoms. The van der Waals surface area contributed by atoms with E-state index in [9.17, 15) is 0 Å². The lowest BCUT2D eigenvalue weighted by atomic mass is 10.3. The van der Waals surface area contributed by atoms with Crippen LogP contribution in [0.5, 0.6) is 0 Å². The van der Waals surface area contributed by atoms with Gasteiger partial charge in [-0.2, -0.15) is 15.0 Å². The minimum absolute atomic E-state index is 0.270. The molecule has 72 valence electrons. The zero-order valence-corrected chi connectivity index (χ0v) is 8.04. The number of nitrogens with one attached hydrogen (secondary N) is 1. The number of rotatable bonds is 4. The highest BCUT2D eigenvalue weighted by Gasteiger charge is 1.98. The number of hydrogen-bond donors (Lipinski definition) is 2. The molecule has 0 aliphatic heterocycles. The molecule has 0 fully saturated rings. The first-order valence-corrected chi connectivity index (χ1v) is 4.44. The van der Waals surface area contributed by atoms with Crippen LogP contribution in [0.4, 0.5) is 11.9 Å². The number of aromatic nitrogens is 3. The summed E-state index contributed by atoms with van der Waals surface area (Å²) in [5.74, 6) is 1.48. The van der Waals surface area contributed by atoms with Crippen LogP contribution in [0.15, 0.2) is 0 Å². The van der Waals surface area contributed by atoms with E-state index in [0.717, 1.165) is 19.4 Å². The Balaban J connectivity index is 2.56. The first-order valence-electron chi connectivity index (χ1n) is 4.44. The van der Waals surface area contributed by atoms with Crippen LogP contribution in [-0.2, 0) is 0 Å². The fourth-order valence-electron chi connectivity index (χ4n) is 0.959. The van der Waals surface area contributed by atoms with Crippen LogP contribution in [0.25, 0.3) is 0 Å². The lowest BCUT2D eigenvalue weighted by molar-refractivity contribution is 0.822. The van der Waals surface area contributed by atoms with Crippen molar-refractivity contribution in [1.29, 1.82) is 0 Å². The van der Waals surface area contributed by atoms with Crippen LogP contribution < -0.4 is 11.1 Å². The number of unbranched alkanes of at least 4 members (excludes halogenated alkanes) is 1. The monoisotopic (exact) mass is 181 g/mol. The van der Waals surface area contributed by atoms with Crippen molar-refractivity contribution in [3.8, 4) is 0 Å². The topological polar surface area (TPSA) is 76.7 Å². The average Bonchev–Trinajstić information content (AvgIpc) is 2.03. The Hall–Kier alpha value is -1.39. The highest BCUT2D eigenvalue weighted by atomic mass is 15.2. The fourth-order valence-corrected chi connectivity index (χ4v) is 0.959. The Morgan fingerprint density at radius 2 is 2.08 bits per heavy atom. The zero-order chi connectivity index (χ0) is 9.68. The van der Waals surface area contributed by atoms with Gasteiger partial charge in [-0.3, -0.25) is 0 Å². The maximum absolute atomic E-state index is 5.46.